The zero-order valence-corrected chi connectivity index (χ0v) is 9.58. The predicted molar refractivity (Wildman–Crippen MR) is 57.5 cm³/mol. The van der Waals surface area contributed by atoms with Crippen molar-refractivity contribution in [2.75, 3.05) is 20.8 Å². The summed E-state index contributed by atoms with van der Waals surface area (Å²) in [6, 6.07) is 1.20. The van der Waals surface area contributed by atoms with Gasteiger partial charge in [0.2, 0.25) is 0 Å². The fourth-order valence-corrected chi connectivity index (χ4v) is 2.09. The van der Waals surface area contributed by atoms with Gasteiger partial charge >= 0.3 is 0 Å². The van der Waals surface area contributed by atoms with Crippen LogP contribution in [0, 0.1) is 0 Å². The molecule has 0 spiro atoms. The molecule has 3 atom stereocenters. The van der Waals surface area contributed by atoms with Crippen molar-refractivity contribution in [3.05, 3.63) is 0 Å². The minimum atomic E-state index is 0.474. The Labute approximate surface area is 87.2 Å². The highest BCUT2D eigenvalue weighted by Crippen LogP contribution is 2.21. The molecule has 1 aliphatic rings. The maximum Gasteiger partial charge on any atom is 0.0586 e. The monoisotopic (exact) mass is 201 g/mol. The summed E-state index contributed by atoms with van der Waals surface area (Å²) in [5, 5.41) is 3.62. The Morgan fingerprint density at radius 1 is 1.36 bits per heavy atom. The zero-order chi connectivity index (χ0) is 10.4. The first-order valence-corrected chi connectivity index (χ1v) is 5.54. The summed E-state index contributed by atoms with van der Waals surface area (Å²) >= 11 is 0. The summed E-state index contributed by atoms with van der Waals surface area (Å²) in [6.07, 6.45) is 5.17. The highest BCUT2D eigenvalue weighted by atomic mass is 16.5. The molecule has 1 fully saturated rings. The molecule has 0 aliphatic heterocycles. The molecule has 0 amide bonds. The van der Waals surface area contributed by atoms with Crippen molar-refractivity contribution in [2.24, 2.45) is 0 Å². The van der Waals surface area contributed by atoms with Crippen LogP contribution in [0.3, 0.4) is 0 Å². The van der Waals surface area contributed by atoms with E-state index >= 15 is 0 Å². The van der Waals surface area contributed by atoms with Crippen molar-refractivity contribution in [3.63, 3.8) is 0 Å². The summed E-state index contributed by atoms with van der Waals surface area (Å²) in [4.78, 5) is 0. The summed E-state index contributed by atoms with van der Waals surface area (Å²) in [6.45, 7) is 3.06. The van der Waals surface area contributed by atoms with Gasteiger partial charge in [-0.05, 0) is 32.6 Å². The fraction of sp³-hybridized carbons (Fsp3) is 1.00. The van der Waals surface area contributed by atoms with Crippen molar-refractivity contribution in [3.8, 4) is 0 Å². The molecule has 84 valence electrons. The quantitative estimate of drug-likeness (QED) is 0.707. The van der Waals surface area contributed by atoms with Crippen molar-refractivity contribution in [1.29, 1.82) is 0 Å². The smallest absolute Gasteiger partial charge is 0.0586 e. The van der Waals surface area contributed by atoms with E-state index in [0.717, 1.165) is 19.4 Å². The standard InChI is InChI=1S/C11H23NO2/c1-9(6-7-13-2)12-10-4-5-11(8-10)14-3/h9-12H,4-8H2,1-3H3. The molecule has 0 saturated heterocycles. The van der Waals surface area contributed by atoms with E-state index in [0.29, 0.717) is 18.2 Å². The van der Waals surface area contributed by atoms with Gasteiger partial charge in [-0.15, -0.1) is 0 Å². The molecule has 3 unspecified atom stereocenters. The summed E-state index contributed by atoms with van der Waals surface area (Å²) in [7, 11) is 3.56. The van der Waals surface area contributed by atoms with Crippen molar-refractivity contribution < 1.29 is 9.47 Å². The minimum absolute atomic E-state index is 0.474. The fourth-order valence-electron chi connectivity index (χ4n) is 2.09. The third kappa shape index (κ3) is 3.95. The average Bonchev–Trinajstić information content (AvgIpc) is 2.62. The number of methoxy groups -OCH3 is 2. The molecule has 3 nitrogen and oxygen atoms in total. The second-order valence-electron chi connectivity index (χ2n) is 4.22. The lowest BCUT2D eigenvalue weighted by Gasteiger charge is -2.19. The van der Waals surface area contributed by atoms with Gasteiger partial charge in [0.1, 0.15) is 0 Å². The van der Waals surface area contributed by atoms with Gasteiger partial charge in [0.25, 0.3) is 0 Å². The third-order valence-corrected chi connectivity index (χ3v) is 2.99. The molecule has 0 heterocycles. The zero-order valence-electron chi connectivity index (χ0n) is 9.58. The Bertz CT molecular complexity index is 152. The van der Waals surface area contributed by atoms with Crippen LogP contribution >= 0.6 is 0 Å². The van der Waals surface area contributed by atoms with Gasteiger partial charge in [-0.3, -0.25) is 0 Å². The number of hydrogen-bond acceptors (Lipinski definition) is 3. The van der Waals surface area contributed by atoms with Gasteiger partial charge in [-0.2, -0.15) is 0 Å². The maximum atomic E-state index is 5.34. The summed E-state index contributed by atoms with van der Waals surface area (Å²) < 4.78 is 10.4. The van der Waals surface area contributed by atoms with Gasteiger partial charge in [0, 0.05) is 32.9 Å². The van der Waals surface area contributed by atoms with Crippen molar-refractivity contribution >= 4 is 0 Å². The molecule has 0 aromatic rings. The van der Waals surface area contributed by atoms with E-state index in [4.69, 9.17) is 9.47 Å². The largest absolute Gasteiger partial charge is 0.385 e. The van der Waals surface area contributed by atoms with Crippen LogP contribution in [0.5, 0.6) is 0 Å². The van der Waals surface area contributed by atoms with E-state index in [9.17, 15) is 0 Å². The maximum absolute atomic E-state index is 5.34. The lowest BCUT2D eigenvalue weighted by Crippen LogP contribution is -2.35. The average molecular weight is 201 g/mol. The van der Waals surface area contributed by atoms with Crippen LogP contribution in [-0.2, 0) is 9.47 Å². The molecule has 3 heteroatoms. The number of hydrogen-bond donors (Lipinski definition) is 1. The minimum Gasteiger partial charge on any atom is -0.385 e. The molecule has 0 aromatic heterocycles. The van der Waals surface area contributed by atoms with E-state index in [1.807, 2.05) is 0 Å². The van der Waals surface area contributed by atoms with Crippen LogP contribution in [0.2, 0.25) is 0 Å². The molecular weight excluding hydrogens is 178 g/mol. The topological polar surface area (TPSA) is 30.5 Å². The second-order valence-corrected chi connectivity index (χ2v) is 4.22. The van der Waals surface area contributed by atoms with Gasteiger partial charge in [0.15, 0.2) is 0 Å². The van der Waals surface area contributed by atoms with Gasteiger partial charge in [-0.1, -0.05) is 0 Å². The van der Waals surface area contributed by atoms with E-state index in [2.05, 4.69) is 12.2 Å². The van der Waals surface area contributed by atoms with Gasteiger partial charge in [0.05, 0.1) is 6.10 Å². The first-order chi connectivity index (χ1) is 6.76. The van der Waals surface area contributed by atoms with E-state index in [-0.39, 0.29) is 0 Å². The third-order valence-electron chi connectivity index (χ3n) is 2.99. The van der Waals surface area contributed by atoms with Crippen LogP contribution in [-0.4, -0.2) is 39.0 Å². The first kappa shape index (κ1) is 12.0. The molecule has 1 saturated carbocycles. The molecular formula is C11H23NO2. The Morgan fingerprint density at radius 2 is 2.14 bits per heavy atom. The van der Waals surface area contributed by atoms with Gasteiger partial charge < -0.3 is 14.8 Å². The van der Waals surface area contributed by atoms with Crippen molar-refractivity contribution in [1.82, 2.24) is 5.32 Å². The predicted octanol–water partition coefficient (Wildman–Crippen LogP) is 1.57. The lowest BCUT2D eigenvalue weighted by atomic mass is 10.2. The summed E-state index contributed by atoms with van der Waals surface area (Å²) in [5.74, 6) is 0. The Kier molecular flexibility index (Phi) is 5.45. The number of nitrogens with one attached hydrogen (secondary N) is 1. The molecule has 14 heavy (non-hydrogen) atoms. The second kappa shape index (κ2) is 6.38. The normalized spacial score (nSPS) is 29.4. The van der Waals surface area contributed by atoms with E-state index < -0.39 is 0 Å². The Morgan fingerprint density at radius 3 is 2.71 bits per heavy atom. The molecule has 1 aliphatic carbocycles. The highest BCUT2D eigenvalue weighted by molar-refractivity contribution is 4.82. The number of ether oxygens (including phenoxy) is 2. The van der Waals surface area contributed by atoms with E-state index in [1.54, 1.807) is 14.2 Å². The molecule has 0 aromatic carbocycles. The SMILES string of the molecule is COCCC(C)NC1CCC(OC)C1. The summed E-state index contributed by atoms with van der Waals surface area (Å²) in [5.41, 5.74) is 0. The molecule has 1 rings (SSSR count). The van der Waals surface area contributed by atoms with Crippen LogP contribution < -0.4 is 5.32 Å². The Hall–Kier alpha value is -0.120. The highest BCUT2D eigenvalue weighted by Gasteiger charge is 2.24. The van der Waals surface area contributed by atoms with E-state index in [1.165, 1.54) is 12.8 Å². The van der Waals surface area contributed by atoms with Crippen LogP contribution in [0.4, 0.5) is 0 Å². The number of rotatable bonds is 6. The molecule has 0 bridgehead atoms. The molecule has 0 radical (unpaired) electrons. The van der Waals surface area contributed by atoms with Crippen LogP contribution in [0.25, 0.3) is 0 Å². The van der Waals surface area contributed by atoms with Crippen LogP contribution in [0.15, 0.2) is 0 Å². The molecule has 1 N–H and O–H groups in total. The van der Waals surface area contributed by atoms with Crippen LogP contribution in [0.1, 0.15) is 32.6 Å². The lowest BCUT2D eigenvalue weighted by molar-refractivity contribution is 0.106. The Balaban J connectivity index is 2.12. The van der Waals surface area contributed by atoms with Crippen molar-refractivity contribution in [2.45, 2.75) is 50.8 Å². The van der Waals surface area contributed by atoms with Gasteiger partial charge in [-0.25, -0.2) is 0 Å². The first-order valence-electron chi connectivity index (χ1n) is 5.54.